The van der Waals surface area contributed by atoms with Crippen molar-refractivity contribution in [2.45, 2.75) is 45.4 Å². The molecule has 19 heavy (non-hydrogen) atoms. The number of carbonyl (C=O) groups excluding carboxylic acids is 1. The summed E-state index contributed by atoms with van der Waals surface area (Å²) in [4.78, 5) is 16.4. The van der Waals surface area contributed by atoms with E-state index in [-0.39, 0.29) is 5.97 Å². The Morgan fingerprint density at radius 1 is 1.26 bits per heavy atom. The van der Waals surface area contributed by atoms with E-state index in [0.717, 1.165) is 37.8 Å². The molecule has 0 heterocycles. The van der Waals surface area contributed by atoms with E-state index in [1.165, 1.54) is 11.1 Å². The summed E-state index contributed by atoms with van der Waals surface area (Å²) in [5.41, 5.74) is 6.62. The quantitative estimate of drug-likeness (QED) is 0.794. The van der Waals surface area contributed by atoms with E-state index in [0.29, 0.717) is 6.42 Å². The number of nitrogens with one attached hydrogen (secondary N) is 1. The summed E-state index contributed by atoms with van der Waals surface area (Å²) in [6.45, 7) is 1.97. The minimum absolute atomic E-state index is 0.180. The van der Waals surface area contributed by atoms with Crippen molar-refractivity contribution in [1.82, 2.24) is 5.48 Å². The molecule has 0 radical (unpaired) electrons. The molecule has 3 nitrogen and oxygen atoms in total. The molecule has 0 atom stereocenters. The second-order valence-corrected chi connectivity index (χ2v) is 4.92. The molecule has 0 fully saturated rings. The SMILES string of the molecule is CCCC(=O)ONC1=C(Cc2ccccc2)CCC1. The van der Waals surface area contributed by atoms with E-state index in [1.807, 2.05) is 13.0 Å². The van der Waals surface area contributed by atoms with E-state index in [1.54, 1.807) is 0 Å². The minimum atomic E-state index is -0.180. The summed E-state index contributed by atoms with van der Waals surface area (Å²) in [5.74, 6) is -0.180. The number of allylic oxidation sites excluding steroid dienone is 2. The van der Waals surface area contributed by atoms with E-state index in [2.05, 4.69) is 29.7 Å². The maximum atomic E-state index is 11.4. The molecule has 1 N–H and O–H groups in total. The van der Waals surface area contributed by atoms with Crippen molar-refractivity contribution in [2.24, 2.45) is 0 Å². The highest BCUT2D eigenvalue weighted by Crippen LogP contribution is 2.27. The van der Waals surface area contributed by atoms with Gasteiger partial charge in [0.2, 0.25) is 0 Å². The molecule has 2 rings (SSSR count). The van der Waals surface area contributed by atoms with E-state index in [4.69, 9.17) is 4.84 Å². The molecule has 3 heteroatoms. The molecule has 0 saturated carbocycles. The van der Waals surface area contributed by atoms with Crippen LogP contribution in [0.1, 0.15) is 44.6 Å². The standard InChI is InChI=1S/C16H21NO2/c1-2-7-16(18)19-17-15-11-6-10-14(15)12-13-8-4-3-5-9-13/h3-5,8-9,17H,2,6-7,10-12H2,1H3. The van der Waals surface area contributed by atoms with Gasteiger partial charge in [0.25, 0.3) is 0 Å². The minimum Gasteiger partial charge on any atom is -0.344 e. The van der Waals surface area contributed by atoms with Crippen molar-refractivity contribution >= 4 is 5.97 Å². The Bertz CT molecular complexity index is 451. The van der Waals surface area contributed by atoms with Crippen LogP contribution in [0.5, 0.6) is 0 Å². The number of carbonyl (C=O) groups is 1. The van der Waals surface area contributed by atoms with E-state index < -0.39 is 0 Å². The molecule has 1 aliphatic rings. The Balaban J connectivity index is 1.93. The predicted molar refractivity (Wildman–Crippen MR) is 75.2 cm³/mol. The Hall–Kier alpha value is -1.77. The van der Waals surface area contributed by atoms with Crippen LogP contribution in [0, 0.1) is 0 Å². The molecular formula is C16H21NO2. The fourth-order valence-electron chi connectivity index (χ4n) is 2.34. The van der Waals surface area contributed by atoms with Gasteiger partial charge in [0, 0.05) is 12.1 Å². The summed E-state index contributed by atoms with van der Waals surface area (Å²) >= 11 is 0. The normalized spacial score (nSPS) is 14.6. The summed E-state index contributed by atoms with van der Waals surface area (Å²) in [6.07, 6.45) is 5.42. The first-order valence-electron chi connectivity index (χ1n) is 7.00. The second kappa shape index (κ2) is 6.98. The zero-order valence-electron chi connectivity index (χ0n) is 11.4. The molecule has 0 spiro atoms. The smallest absolute Gasteiger partial charge is 0.332 e. The fraction of sp³-hybridized carbons (Fsp3) is 0.438. The third kappa shape index (κ3) is 4.12. The topological polar surface area (TPSA) is 38.3 Å². The number of hydrogen-bond acceptors (Lipinski definition) is 3. The van der Waals surface area contributed by atoms with Gasteiger partial charge in [-0.25, -0.2) is 10.3 Å². The second-order valence-electron chi connectivity index (χ2n) is 4.92. The van der Waals surface area contributed by atoms with Crippen molar-refractivity contribution in [1.29, 1.82) is 0 Å². The first-order chi connectivity index (χ1) is 9.29. The van der Waals surface area contributed by atoms with Gasteiger partial charge in [-0.2, -0.15) is 0 Å². The Morgan fingerprint density at radius 3 is 2.79 bits per heavy atom. The van der Waals surface area contributed by atoms with Gasteiger partial charge in [-0.1, -0.05) is 37.3 Å². The number of benzene rings is 1. The van der Waals surface area contributed by atoms with Crippen LogP contribution in [0.15, 0.2) is 41.6 Å². The third-order valence-corrected chi connectivity index (χ3v) is 3.33. The van der Waals surface area contributed by atoms with Gasteiger partial charge < -0.3 is 4.84 Å². The molecule has 0 saturated heterocycles. The lowest BCUT2D eigenvalue weighted by Gasteiger charge is -2.10. The van der Waals surface area contributed by atoms with Gasteiger partial charge in [-0.3, -0.25) is 0 Å². The van der Waals surface area contributed by atoms with Gasteiger partial charge in [0.05, 0.1) is 0 Å². The number of rotatable bonds is 6. The van der Waals surface area contributed by atoms with Crippen LogP contribution in [0.2, 0.25) is 0 Å². The highest BCUT2D eigenvalue weighted by Gasteiger charge is 2.16. The van der Waals surface area contributed by atoms with Crippen LogP contribution in [-0.4, -0.2) is 5.97 Å². The lowest BCUT2D eigenvalue weighted by molar-refractivity contribution is -0.149. The fourth-order valence-corrected chi connectivity index (χ4v) is 2.34. The van der Waals surface area contributed by atoms with Crippen molar-refractivity contribution in [3.8, 4) is 0 Å². The molecule has 0 aromatic heterocycles. The average Bonchev–Trinajstić information content (AvgIpc) is 2.85. The molecule has 0 aliphatic heterocycles. The molecule has 1 aromatic carbocycles. The van der Waals surface area contributed by atoms with Gasteiger partial charge >= 0.3 is 5.97 Å². The van der Waals surface area contributed by atoms with Crippen molar-refractivity contribution in [2.75, 3.05) is 0 Å². The summed E-state index contributed by atoms with van der Waals surface area (Å²) in [5, 5.41) is 0. The average molecular weight is 259 g/mol. The van der Waals surface area contributed by atoms with Gasteiger partial charge in [-0.05, 0) is 43.2 Å². The van der Waals surface area contributed by atoms with Crippen molar-refractivity contribution in [3.05, 3.63) is 47.2 Å². The van der Waals surface area contributed by atoms with Crippen LogP contribution in [0.4, 0.5) is 0 Å². The Kier molecular flexibility index (Phi) is 5.01. The summed E-state index contributed by atoms with van der Waals surface area (Å²) < 4.78 is 0. The highest BCUT2D eigenvalue weighted by atomic mass is 16.7. The summed E-state index contributed by atoms with van der Waals surface area (Å²) in [6, 6.07) is 10.4. The Labute approximate surface area is 114 Å². The van der Waals surface area contributed by atoms with E-state index in [9.17, 15) is 4.79 Å². The van der Waals surface area contributed by atoms with Gasteiger partial charge in [0.15, 0.2) is 0 Å². The molecule has 0 unspecified atom stereocenters. The maximum absolute atomic E-state index is 11.4. The molecule has 1 aromatic rings. The summed E-state index contributed by atoms with van der Waals surface area (Å²) in [7, 11) is 0. The van der Waals surface area contributed by atoms with Crippen LogP contribution >= 0.6 is 0 Å². The monoisotopic (exact) mass is 259 g/mol. The van der Waals surface area contributed by atoms with Crippen LogP contribution in [0.3, 0.4) is 0 Å². The molecule has 102 valence electrons. The molecule has 0 bridgehead atoms. The first kappa shape index (κ1) is 13.7. The maximum Gasteiger partial charge on any atom is 0.332 e. The lowest BCUT2D eigenvalue weighted by Crippen LogP contribution is -2.19. The first-order valence-corrected chi connectivity index (χ1v) is 7.00. The van der Waals surface area contributed by atoms with E-state index >= 15 is 0 Å². The third-order valence-electron chi connectivity index (χ3n) is 3.33. The molecule has 1 aliphatic carbocycles. The zero-order valence-corrected chi connectivity index (χ0v) is 11.4. The molecular weight excluding hydrogens is 238 g/mol. The zero-order chi connectivity index (χ0) is 13.5. The Morgan fingerprint density at radius 2 is 2.05 bits per heavy atom. The van der Waals surface area contributed by atoms with Crippen LogP contribution in [-0.2, 0) is 16.1 Å². The number of hydroxylamine groups is 1. The predicted octanol–water partition coefficient (Wildman–Crippen LogP) is 3.52. The van der Waals surface area contributed by atoms with Crippen molar-refractivity contribution < 1.29 is 9.63 Å². The van der Waals surface area contributed by atoms with Crippen LogP contribution in [0.25, 0.3) is 0 Å². The lowest BCUT2D eigenvalue weighted by atomic mass is 10.0. The largest absolute Gasteiger partial charge is 0.344 e. The van der Waals surface area contributed by atoms with Crippen LogP contribution < -0.4 is 5.48 Å². The van der Waals surface area contributed by atoms with Crippen molar-refractivity contribution in [3.63, 3.8) is 0 Å². The van der Waals surface area contributed by atoms with Gasteiger partial charge in [-0.15, -0.1) is 0 Å². The van der Waals surface area contributed by atoms with Gasteiger partial charge in [0.1, 0.15) is 0 Å². The molecule has 0 amide bonds. The number of hydrogen-bond donors (Lipinski definition) is 1. The highest BCUT2D eigenvalue weighted by molar-refractivity contribution is 5.69.